The fourth-order valence-electron chi connectivity index (χ4n) is 3.73. The molecule has 2 aliphatic rings. The maximum absolute atomic E-state index is 12.5. The second-order valence-electron chi connectivity index (χ2n) is 8.93. The van der Waals surface area contributed by atoms with Crippen LogP contribution in [0.3, 0.4) is 0 Å². The van der Waals surface area contributed by atoms with Gasteiger partial charge in [-0.05, 0) is 41.0 Å². The Morgan fingerprint density at radius 1 is 1.32 bits per heavy atom. The lowest BCUT2D eigenvalue weighted by Crippen LogP contribution is -2.55. The summed E-state index contributed by atoms with van der Waals surface area (Å²) in [5, 5.41) is 9.01. The van der Waals surface area contributed by atoms with Crippen LogP contribution in [-0.4, -0.2) is 70.2 Å². The van der Waals surface area contributed by atoms with Crippen molar-refractivity contribution < 1.29 is 14.3 Å². The fourth-order valence-corrected chi connectivity index (χ4v) is 3.73. The Morgan fingerprint density at radius 3 is 2.64 bits per heavy atom. The van der Waals surface area contributed by atoms with Crippen LogP contribution in [0.5, 0.6) is 0 Å². The molecule has 8 nitrogen and oxygen atoms in total. The van der Waals surface area contributed by atoms with Crippen LogP contribution in [0.15, 0.2) is 12.2 Å². The zero-order chi connectivity index (χ0) is 20.5. The smallest absolute Gasteiger partial charge is 0.410 e. The van der Waals surface area contributed by atoms with Crippen molar-refractivity contribution in [3.63, 3.8) is 0 Å². The highest BCUT2D eigenvalue weighted by Gasteiger charge is 2.34. The maximum atomic E-state index is 12.5. The number of anilines is 1. The molecule has 3 heterocycles. The molecular weight excluding hydrogens is 358 g/mol. The first kappa shape index (κ1) is 20.6. The van der Waals surface area contributed by atoms with Crippen LogP contribution in [0, 0.1) is 0 Å². The van der Waals surface area contributed by atoms with E-state index < -0.39 is 5.60 Å². The monoisotopic (exact) mass is 391 g/mol. The van der Waals surface area contributed by atoms with Crippen LogP contribution < -0.4 is 4.90 Å². The van der Waals surface area contributed by atoms with Gasteiger partial charge in [-0.1, -0.05) is 12.2 Å². The van der Waals surface area contributed by atoms with Crippen molar-refractivity contribution in [3.8, 4) is 0 Å². The van der Waals surface area contributed by atoms with Crippen LogP contribution in [0.25, 0.3) is 0 Å². The highest BCUT2D eigenvalue weighted by Crippen LogP contribution is 2.28. The first-order valence-corrected chi connectivity index (χ1v) is 10.1. The van der Waals surface area contributed by atoms with Gasteiger partial charge >= 0.3 is 6.09 Å². The molecule has 28 heavy (non-hydrogen) atoms. The summed E-state index contributed by atoms with van der Waals surface area (Å²) >= 11 is 0. The van der Waals surface area contributed by atoms with Crippen LogP contribution in [0.2, 0.25) is 0 Å². The molecule has 8 heteroatoms. The van der Waals surface area contributed by atoms with E-state index in [1.807, 2.05) is 34.6 Å². The van der Waals surface area contributed by atoms with E-state index in [4.69, 9.17) is 9.47 Å². The predicted molar refractivity (Wildman–Crippen MR) is 108 cm³/mol. The normalized spacial score (nSPS) is 23.2. The van der Waals surface area contributed by atoms with E-state index in [-0.39, 0.29) is 18.1 Å². The Balaban J connectivity index is 1.76. The van der Waals surface area contributed by atoms with Crippen LogP contribution in [0.4, 0.5) is 10.7 Å². The number of aromatic nitrogens is 3. The molecule has 0 aliphatic carbocycles. The molecule has 0 aromatic carbocycles. The summed E-state index contributed by atoms with van der Waals surface area (Å²) in [5.41, 5.74) is 0.565. The SMILES string of the molecule is C=C(C)Cn1c([C@H]2CCOC2)nnc1N1CCN(C(=O)OC(C)(C)C)[C@@H](C)C1. The Bertz CT molecular complexity index is 718. The lowest BCUT2D eigenvalue weighted by molar-refractivity contribution is 0.0158. The molecule has 0 unspecified atom stereocenters. The molecule has 156 valence electrons. The predicted octanol–water partition coefficient (Wildman–Crippen LogP) is 2.80. The summed E-state index contributed by atoms with van der Waals surface area (Å²) in [4.78, 5) is 16.5. The van der Waals surface area contributed by atoms with Gasteiger partial charge < -0.3 is 19.3 Å². The third-order valence-electron chi connectivity index (χ3n) is 5.02. The minimum Gasteiger partial charge on any atom is -0.444 e. The average Bonchev–Trinajstić information content (AvgIpc) is 3.21. The van der Waals surface area contributed by atoms with E-state index in [2.05, 4.69) is 26.2 Å². The van der Waals surface area contributed by atoms with Gasteiger partial charge in [-0.2, -0.15) is 0 Å². The van der Waals surface area contributed by atoms with Gasteiger partial charge in [-0.15, -0.1) is 10.2 Å². The van der Waals surface area contributed by atoms with Gasteiger partial charge in [0.15, 0.2) is 0 Å². The number of rotatable bonds is 4. The highest BCUT2D eigenvalue weighted by molar-refractivity contribution is 5.69. The molecular formula is C20H33N5O3. The van der Waals surface area contributed by atoms with Gasteiger partial charge in [0, 0.05) is 44.7 Å². The lowest BCUT2D eigenvalue weighted by atomic mass is 10.1. The number of piperazine rings is 1. The number of ether oxygens (including phenoxy) is 2. The molecule has 2 fully saturated rings. The van der Waals surface area contributed by atoms with Gasteiger partial charge in [0.1, 0.15) is 11.4 Å². The third-order valence-corrected chi connectivity index (χ3v) is 5.02. The number of hydrogen-bond donors (Lipinski definition) is 0. The van der Waals surface area contributed by atoms with Crippen molar-refractivity contribution in [2.24, 2.45) is 0 Å². The summed E-state index contributed by atoms with van der Waals surface area (Å²) in [7, 11) is 0. The summed E-state index contributed by atoms with van der Waals surface area (Å²) < 4.78 is 13.3. The lowest BCUT2D eigenvalue weighted by Gasteiger charge is -2.40. The molecule has 2 saturated heterocycles. The molecule has 0 N–H and O–H groups in total. The van der Waals surface area contributed by atoms with Gasteiger partial charge in [0.2, 0.25) is 5.95 Å². The first-order valence-electron chi connectivity index (χ1n) is 10.1. The summed E-state index contributed by atoms with van der Waals surface area (Å²) in [5.74, 6) is 2.10. The standard InChI is InChI=1S/C20H33N5O3/c1-14(2)11-25-17(16-7-10-27-13-16)21-22-18(25)23-8-9-24(15(3)12-23)19(26)28-20(4,5)6/h15-16H,1,7-13H2,2-6H3/t15-,16-/m0/s1. The molecule has 0 radical (unpaired) electrons. The number of carbonyl (C=O) groups is 1. The molecule has 2 aliphatic heterocycles. The first-order chi connectivity index (χ1) is 13.2. The number of nitrogens with zero attached hydrogens (tertiary/aromatic N) is 5. The van der Waals surface area contributed by atoms with E-state index >= 15 is 0 Å². The molecule has 1 amide bonds. The number of amides is 1. The number of allylic oxidation sites excluding steroid dienone is 1. The molecule has 2 atom stereocenters. The van der Waals surface area contributed by atoms with E-state index in [0.717, 1.165) is 30.4 Å². The second kappa shape index (κ2) is 8.11. The van der Waals surface area contributed by atoms with Crippen LogP contribution in [-0.2, 0) is 16.0 Å². The minimum atomic E-state index is -0.492. The molecule has 0 spiro atoms. The van der Waals surface area contributed by atoms with E-state index in [1.165, 1.54) is 0 Å². The van der Waals surface area contributed by atoms with Gasteiger partial charge in [0.05, 0.1) is 6.61 Å². The largest absolute Gasteiger partial charge is 0.444 e. The van der Waals surface area contributed by atoms with E-state index in [1.54, 1.807) is 4.90 Å². The second-order valence-corrected chi connectivity index (χ2v) is 8.93. The summed E-state index contributed by atoms with van der Waals surface area (Å²) in [6, 6.07) is 0.0249. The Labute approximate surface area is 167 Å². The zero-order valence-electron chi connectivity index (χ0n) is 17.8. The third kappa shape index (κ3) is 4.66. The average molecular weight is 392 g/mol. The minimum absolute atomic E-state index is 0.0249. The summed E-state index contributed by atoms with van der Waals surface area (Å²) in [6.45, 7) is 17.9. The number of hydrogen-bond acceptors (Lipinski definition) is 6. The van der Waals surface area contributed by atoms with Crippen LogP contribution in [0.1, 0.15) is 52.8 Å². The van der Waals surface area contributed by atoms with Crippen molar-refractivity contribution >= 4 is 12.0 Å². The van der Waals surface area contributed by atoms with Gasteiger partial charge in [-0.3, -0.25) is 4.57 Å². The quantitative estimate of drug-likeness (QED) is 0.735. The van der Waals surface area contributed by atoms with Crippen molar-refractivity contribution in [1.29, 1.82) is 0 Å². The molecule has 1 aromatic heterocycles. The molecule has 1 aromatic rings. The highest BCUT2D eigenvalue weighted by atomic mass is 16.6. The van der Waals surface area contributed by atoms with Gasteiger partial charge in [-0.25, -0.2) is 4.79 Å². The Kier molecular flexibility index (Phi) is 5.98. The fraction of sp³-hybridized carbons (Fsp3) is 0.750. The van der Waals surface area contributed by atoms with E-state index in [0.29, 0.717) is 32.8 Å². The Hall–Kier alpha value is -2.09. The molecule has 0 saturated carbocycles. The van der Waals surface area contributed by atoms with Gasteiger partial charge in [0.25, 0.3) is 0 Å². The number of carbonyl (C=O) groups excluding carboxylic acids is 1. The molecule has 0 bridgehead atoms. The van der Waals surface area contributed by atoms with Crippen molar-refractivity contribution in [2.45, 2.75) is 65.1 Å². The van der Waals surface area contributed by atoms with Crippen molar-refractivity contribution in [2.75, 3.05) is 37.7 Å². The van der Waals surface area contributed by atoms with E-state index in [9.17, 15) is 4.79 Å². The molecule has 3 rings (SSSR count). The van der Waals surface area contributed by atoms with Crippen LogP contribution >= 0.6 is 0 Å². The van der Waals surface area contributed by atoms with Crippen molar-refractivity contribution in [3.05, 3.63) is 18.0 Å². The Morgan fingerprint density at radius 2 is 2.07 bits per heavy atom. The maximum Gasteiger partial charge on any atom is 0.410 e. The topological polar surface area (TPSA) is 72.7 Å². The zero-order valence-corrected chi connectivity index (χ0v) is 17.8. The summed E-state index contributed by atoms with van der Waals surface area (Å²) in [6.07, 6.45) is 0.712. The van der Waals surface area contributed by atoms with Crippen molar-refractivity contribution in [1.82, 2.24) is 19.7 Å².